The van der Waals surface area contributed by atoms with E-state index >= 15 is 0 Å². The van der Waals surface area contributed by atoms with Gasteiger partial charge in [-0.05, 0) is 41.1 Å². The van der Waals surface area contributed by atoms with Crippen molar-refractivity contribution >= 4 is 23.5 Å². The molecule has 2 heteroatoms. The first-order valence-electron chi connectivity index (χ1n) is 6.91. The number of hydrogen-bond acceptors (Lipinski definition) is 2. The van der Waals surface area contributed by atoms with Crippen LogP contribution in [-0.2, 0) is 0 Å². The summed E-state index contributed by atoms with van der Waals surface area (Å²) in [6.45, 7) is 0. The van der Waals surface area contributed by atoms with Gasteiger partial charge in [-0.15, -0.1) is 0 Å². The third-order valence-corrected chi connectivity index (χ3v) is 4.55. The van der Waals surface area contributed by atoms with E-state index in [2.05, 4.69) is 66.7 Å². The van der Waals surface area contributed by atoms with Gasteiger partial charge in [-0.3, -0.25) is 0 Å². The van der Waals surface area contributed by atoms with Gasteiger partial charge in [-0.2, -0.15) is 0 Å². The monoisotopic (exact) mass is 287 g/mol. The van der Waals surface area contributed by atoms with Crippen molar-refractivity contribution in [1.82, 2.24) is 0 Å². The summed E-state index contributed by atoms with van der Waals surface area (Å²) in [6, 6.07) is 25.1. The SMILES string of the molecule is C(c1ccccc1)=c1ccc2c(c1)Sc1ccccc1N=2. The van der Waals surface area contributed by atoms with Gasteiger partial charge in [0.1, 0.15) is 0 Å². The van der Waals surface area contributed by atoms with Crippen LogP contribution in [0.4, 0.5) is 5.69 Å². The Morgan fingerprint density at radius 3 is 2.48 bits per heavy atom. The molecule has 0 aliphatic carbocycles. The van der Waals surface area contributed by atoms with Gasteiger partial charge < -0.3 is 0 Å². The molecule has 0 amide bonds. The first kappa shape index (κ1) is 12.4. The minimum absolute atomic E-state index is 1.06. The zero-order valence-electron chi connectivity index (χ0n) is 11.4. The number of hydrogen-bond donors (Lipinski definition) is 0. The first-order chi connectivity index (χ1) is 10.4. The molecule has 100 valence electrons. The molecule has 0 N–H and O–H groups in total. The van der Waals surface area contributed by atoms with E-state index in [1.807, 2.05) is 12.1 Å². The highest BCUT2D eigenvalue weighted by atomic mass is 32.2. The molecule has 0 saturated carbocycles. The van der Waals surface area contributed by atoms with Crippen molar-refractivity contribution in [3.8, 4) is 0 Å². The van der Waals surface area contributed by atoms with E-state index < -0.39 is 0 Å². The lowest BCUT2D eigenvalue weighted by atomic mass is 10.1. The van der Waals surface area contributed by atoms with Crippen molar-refractivity contribution in [2.24, 2.45) is 4.99 Å². The van der Waals surface area contributed by atoms with Crippen molar-refractivity contribution < 1.29 is 0 Å². The summed E-state index contributed by atoms with van der Waals surface area (Å²) < 4.78 is 0. The second-order valence-electron chi connectivity index (χ2n) is 4.96. The Bertz CT molecular complexity index is 914. The fourth-order valence-electron chi connectivity index (χ4n) is 2.42. The summed E-state index contributed by atoms with van der Waals surface area (Å²) in [5.74, 6) is 0. The van der Waals surface area contributed by atoms with Crippen molar-refractivity contribution in [1.29, 1.82) is 0 Å². The molecule has 1 nitrogen and oxygen atoms in total. The fraction of sp³-hybridized carbons (Fsp3) is 0. The predicted molar refractivity (Wildman–Crippen MR) is 87.5 cm³/mol. The van der Waals surface area contributed by atoms with Crippen molar-refractivity contribution in [2.45, 2.75) is 9.79 Å². The topological polar surface area (TPSA) is 12.4 Å². The molecule has 1 aliphatic heterocycles. The van der Waals surface area contributed by atoms with Crippen molar-refractivity contribution in [2.75, 3.05) is 0 Å². The summed E-state index contributed by atoms with van der Waals surface area (Å²) in [7, 11) is 0. The van der Waals surface area contributed by atoms with Crippen LogP contribution in [-0.4, -0.2) is 0 Å². The Labute approximate surface area is 127 Å². The smallest absolute Gasteiger partial charge is 0.0777 e. The lowest BCUT2D eigenvalue weighted by molar-refractivity contribution is 1.16. The molecule has 0 saturated heterocycles. The Balaban J connectivity index is 1.83. The summed E-state index contributed by atoms with van der Waals surface area (Å²) in [4.78, 5) is 7.17. The Kier molecular flexibility index (Phi) is 3.09. The summed E-state index contributed by atoms with van der Waals surface area (Å²) in [5.41, 5.74) is 2.28. The molecule has 1 heterocycles. The van der Waals surface area contributed by atoms with Crippen molar-refractivity contribution in [3.63, 3.8) is 0 Å². The van der Waals surface area contributed by atoms with E-state index in [0.29, 0.717) is 0 Å². The largest absolute Gasteiger partial charge is 0.247 e. The van der Waals surface area contributed by atoms with Gasteiger partial charge in [0, 0.05) is 9.79 Å². The second kappa shape index (κ2) is 5.23. The number of fused-ring (bicyclic) bond motifs is 2. The van der Waals surface area contributed by atoms with Crippen LogP contribution in [0.1, 0.15) is 5.56 Å². The molecule has 0 atom stereocenters. The Morgan fingerprint density at radius 2 is 1.57 bits per heavy atom. The maximum atomic E-state index is 4.72. The summed E-state index contributed by atoms with van der Waals surface area (Å²) >= 11 is 1.79. The average Bonchev–Trinajstić information content (AvgIpc) is 2.54. The number of rotatable bonds is 1. The predicted octanol–water partition coefficient (Wildman–Crippen LogP) is 3.93. The fourth-order valence-corrected chi connectivity index (χ4v) is 3.44. The van der Waals surface area contributed by atoms with Gasteiger partial charge in [0.2, 0.25) is 0 Å². The third kappa shape index (κ3) is 2.50. The van der Waals surface area contributed by atoms with Crippen LogP contribution in [0.3, 0.4) is 0 Å². The van der Waals surface area contributed by atoms with E-state index in [0.717, 1.165) is 11.0 Å². The molecule has 3 aromatic carbocycles. The molecule has 0 unspecified atom stereocenters. The molecule has 1 aliphatic rings. The summed E-state index contributed by atoms with van der Waals surface area (Å²) in [6.07, 6.45) is 2.20. The maximum absolute atomic E-state index is 4.72. The Morgan fingerprint density at radius 1 is 0.762 bits per heavy atom. The zero-order valence-corrected chi connectivity index (χ0v) is 12.2. The number of benzene rings is 3. The summed E-state index contributed by atoms with van der Waals surface area (Å²) in [5, 5.41) is 2.27. The molecule has 0 aromatic heterocycles. The lowest BCUT2D eigenvalue weighted by Gasteiger charge is -2.11. The minimum atomic E-state index is 1.06. The van der Waals surface area contributed by atoms with Crippen LogP contribution in [0, 0.1) is 0 Å². The number of para-hydroxylation sites is 1. The molecule has 0 spiro atoms. The van der Waals surface area contributed by atoms with Crippen molar-refractivity contribution in [3.05, 3.63) is 88.9 Å². The minimum Gasteiger partial charge on any atom is -0.247 e. The molecular formula is C19H13NS. The van der Waals surface area contributed by atoms with E-state index in [-0.39, 0.29) is 0 Å². The van der Waals surface area contributed by atoms with E-state index in [1.165, 1.54) is 20.6 Å². The van der Waals surface area contributed by atoms with Crippen LogP contribution < -0.4 is 10.6 Å². The molecule has 0 fully saturated rings. The van der Waals surface area contributed by atoms with Gasteiger partial charge in [0.15, 0.2) is 0 Å². The van der Waals surface area contributed by atoms with Crippen LogP contribution in [0.5, 0.6) is 0 Å². The van der Waals surface area contributed by atoms with E-state index in [4.69, 9.17) is 4.99 Å². The van der Waals surface area contributed by atoms with Crippen LogP contribution in [0.25, 0.3) is 6.08 Å². The highest BCUT2D eigenvalue weighted by Gasteiger charge is 2.10. The highest BCUT2D eigenvalue weighted by molar-refractivity contribution is 7.99. The van der Waals surface area contributed by atoms with Gasteiger partial charge in [-0.1, -0.05) is 60.3 Å². The normalized spacial score (nSPS) is 13.2. The zero-order chi connectivity index (χ0) is 14.1. The lowest BCUT2D eigenvalue weighted by Crippen LogP contribution is -2.13. The highest BCUT2D eigenvalue weighted by Crippen LogP contribution is 2.35. The number of nitrogens with zero attached hydrogens (tertiary/aromatic N) is 1. The maximum Gasteiger partial charge on any atom is 0.0777 e. The van der Waals surface area contributed by atoms with Gasteiger partial charge in [0.25, 0.3) is 0 Å². The van der Waals surface area contributed by atoms with Crippen LogP contribution in [0.15, 0.2) is 87.6 Å². The molecule has 3 aromatic rings. The van der Waals surface area contributed by atoms with Crippen LogP contribution in [0.2, 0.25) is 0 Å². The average molecular weight is 287 g/mol. The second-order valence-corrected chi connectivity index (χ2v) is 6.05. The first-order valence-corrected chi connectivity index (χ1v) is 7.73. The van der Waals surface area contributed by atoms with Gasteiger partial charge >= 0.3 is 0 Å². The van der Waals surface area contributed by atoms with Crippen LogP contribution >= 0.6 is 11.8 Å². The molecule has 0 radical (unpaired) electrons. The van der Waals surface area contributed by atoms with Gasteiger partial charge in [0.05, 0.1) is 11.0 Å². The van der Waals surface area contributed by atoms with E-state index in [9.17, 15) is 0 Å². The quantitative estimate of drug-likeness (QED) is 0.517. The van der Waals surface area contributed by atoms with E-state index in [1.54, 1.807) is 11.8 Å². The van der Waals surface area contributed by atoms with Gasteiger partial charge in [-0.25, -0.2) is 4.99 Å². The Hall–Kier alpha value is -2.32. The molecule has 21 heavy (non-hydrogen) atoms. The molecule has 4 rings (SSSR count). The molecular weight excluding hydrogens is 274 g/mol. The standard InChI is InChI=1S/C19H13NS/c1-2-6-14(7-3-1)12-15-10-11-17-19(13-15)21-18-9-5-4-8-16(18)20-17/h1-13H. The molecule has 0 bridgehead atoms. The third-order valence-electron chi connectivity index (χ3n) is 3.44.